The van der Waals surface area contributed by atoms with Gasteiger partial charge in [-0.1, -0.05) is 13.0 Å². The van der Waals surface area contributed by atoms with E-state index in [-0.39, 0.29) is 6.61 Å². The zero-order chi connectivity index (χ0) is 9.84. The van der Waals surface area contributed by atoms with Gasteiger partial charge in [0.05, 0.1) is 0 Å². The van der Waals surface area contributed by atoms with Crippen molar-refractivity contribution in [3.05, 3.63) is 11.8 Å². The molecule has 0 heterocycles. The molecule has 0 amide bonds. The molecule has 1 aliphatic carbocycles. The van der Waals surface area contributed by atoms with Gasteiger partial charge in [0, 0.05) is 25.4 Å². The van der Waals surface area contributed by atoms with Crippen molar-refractivity contribution in [2.24, 2.45) is 5.92 Å². The van der Waals surface area contributed by atoms with E-state index in [2.05, 4.69) is 31.9 Å². The highest BCUT2D eigenvalue weighted by Gasteiger charge is 2.20. The lowest BCUT2D eigenvalue weighted by Crippen LogP contribution is -2.30. The fourth-order valence-electron chi connectivity index (χ4n) is 1.96. The molecule has 0 aromatic rings. The first-order chi connectivity index (χ1) is 6.16. The summed E-state index contributed by atoms with van der Waals surface area (Å²) in [7, 11) is 2.13. The van der Waals surface area contributed by atoms with E-state index in [0.717, 1.165) is 6.42 Å². The molecule has 0 aromatic carbocycles. The Bertz CT molecular complexity index is 189. The molecule has 13 heavy (non-hydrogen) atoms. The standard InChI is InChI=1S/C11H21NO/c1-9-5-4-6-11(9)12(3)10(2)7-8-13/h6,9-10,13H,4-5,7-8H2,1-3H3/t9-,10+/m1/s1. The molecule has 0 aliphatic heterocycles. The summed E-state index contributed by atoms with van der Waals surface area (Å²) in [5, 5.41) is 8.85. The van der Waals surface area contributed by atoms with E-state index in [1.54, 1.807) is 0 Å². The van der Waals surface area contributed by atoms with Gasteiger partial charge in [0.15, 0.2) is 0 Å². The van der Waals surface area contributed by atoms with Crippen molar-refractivity contribution >= 4 is 0 Å². The lowest BCUT2D eigenvalue weighted by molar-refractivity contribution is 0.215. The Morgan fingerprint density at radius 2 is 2.38 bits per heavy atom. The van der Waals surface area contributed by atoms with Gasteiger partial charge in [-0.05, 0) is 32.1 Å². The van der Waals surface area contributed by atoms with Crippen LogP contribution in [0, 0.1) is 5.92 Å². The van der Waals surface area contributed by atoms with E-state index in [0.29, 0.717) is 12.0 Å². The molecule has 0 unspecified atom stereocenters. The number of aliphatic hydroxyl groups is 1. The molecule has 0 saturated carbocycles. The highest BCUT2D eigenvalue weighted by atomic mass is 16.3. The van der Waals surface area contributed by atoms with Crippen LogP contribution in [0.5, 0.6) is 0 Å². The second-order valence-corrected chi connectivity index (χ2v) is 4.08. The second-order valence-electron chi connectivity index (χ2n) is 4.08. The molecular weight excluding hydrogens is 162 g/mol. The van der Waals surface area contributed by atoms with Crippen LogP contribution in [0.25, 0.3) is 0 Å². The van der Waals surface area contributed by atoms with Crippen LogP contribution in [-0.2, 0) is 0 Å². The van der Waals surface area contributed by atoms with Crippen LogP contribution in [0.2, 0.25) is 0 Å². The van der Waals surface area contributed by atoms with Gasteiger partial charge in [-0.15, -0.1) is 0 Å². The highest BCUT2D eigenvalue weighted by Crippen LogP contribution is 2.28. The molecule has 0 saturated heterocycles. The van der Waals surface area contributed by atoms with Gasteiger partial charge in [-0.2, -0.15) is 0 Å². The third-order valence-electron chi connectivity index (χ3n) is 3.07. The molecule has 0 radical (unpaired) electrons. The third-order valence-corrected chi connectivity index (χ3v) is 3.07. The minimum absolute atomic E-state index is 0.285. The smallest absolute Gasteiger partial charge is 0.0450 e. The first-order valence-electron chi connectivity index (χ1n) is 5.20. The molecule has 1 rings (SSSR count). The van der Waals surface area contributed by atoms with Crippen molar-refractivity contribution in [3.63, 3.8) is 0 Å². The van der Waals surface area contributed by atoms with Gasteiger partial charge >= 0.3 is 0 Å². The maximum Gasteiger partial charge on any atom is 0.0450 e. The topological polar surface area (TPSA) is 23.5 Å². The van der Waals surface area contributed by atoms with Crippen molar-refractivity contribution in [2.45, 2.75) is 39.2 Å². The number of rotatable bonds is 4. The normalized spacial score (nSPS) is 24.3. The van der Waals surface area contributed by atoms with Crippen molar-refractivity contribution in [2.75, 3.05) is 13.7 Å². The molecule has 2 atom stereocenters. The largest absolute Gasteiger partial charge is 0.396 e. The van der Waals surface area contributed by atoms with Gasteiger partial charge in [0.1, 0.15) is 0 Å². The van der Waals surface area contributed by atoms with Gasteiger partial charge < -0.3 is 10.0 Å². The molecule has 2 nitrogen and oxygen atoms in total. The van der Waals surface area contributed by atoms with E-state index < -0.39 is 0 Å². The molecule has 0 bridgehead atoms. The van der Waals surface area contributed by atoms with Crippen LogP contribution in [0.3, 0.4) is 0 Å². The minimum Gasteiger partial charge on any atom is -0.396 e. The van der Waals surface area contributed by atoms with Crippen molar-refractivity contribution in [3.8, 4) is 0 Å². The Morgan fingerprint density at radius 1 is 1.69 bits per heavy atom. The molecule has 1 aliphatic rings. The van der Waals surface area contributed by atoms with Crippen LogP contribution in [0.15, 0.2) is 11.8 Å². The Kier molecular flexibility index (Phi) is 3.79. The molecule has 76 valence electrons. The van der Waals surface area contributed by atoms with E-state index in [4.69, 9.17) is 5.11 Å². The molecule has 0 fully saturated rings. The van der Waals surface area contributed by atoms with Crippen LogP contribution < -0.4 is 0 Å². The number of hydrogen-bond acceptors (Lipinski definition) is 2. The van der Waals surface area contributed by atoms with E-state index in [1.807, 2.05) is 0 Å². The predicted octanol–water partition coefficient (Wildman–Crippen LogP) is 2.00. The first kappa shape index (κ1) is 10.6. The summed E-state index contributed by atoms with van der Waals surface area (Å²) < 4.78 is 0. The predicted molar refractivity (Wildman–Crippen MR) is 55.4 cm³/mol. The maximum atomic E-state index is 8.85. The zero-order valence-corrected chi connectivity index (χ0v) is 8.95. The van der Waals surface area contributed by atoms with Crippen molar-refractivity contribution in [1.82, 2.24) is 4.90 Å². The lowest BCUT2D eigenvalue weighted by Gasteiger charge is -2.30. The lowest BCUT2D eigenvalue weighted by atomic mass is 10.1. The Labute approximate surface area is 81.2 Å². The monoisotopic (exact) mass is 183 g/mol. The summed E-state index contributed by atoms with van der Waals surface area (Å²) in [6.07, 6.45) is 5.69. The highest BCUT2D eigenvalue weighted by molar-refractivity contribution is 5.10. The average molecular weight is 183 g/mol. The van der Waals surface area contributed by atoms with Crippen molar-refractivity contribution < 1.29 is 5.11 Å². The van der Waals surface area contributed by atoms with Crippen LogP contribution in [0.4, 0.5) is 0 Å². The van der Waals surface area contributed by atoms with E-state index in [1.165, 1.54) is 18.5 Å². The Hall–Kier alpha value is -0.500. The number of aliphatic hydroxyl groups excluding tert-OH is 1. The summed E-state index contributed by atoms with van der Waals surface area (Å²) in [5.41, 5.74) is 1.46. The summed E-state index contributed by atoms with van der Waals surface area (Å²) in [6.45, 7) is 4.73. The summed E-state index contributed by atoms with van der Waals surface area (Å²) in [5.74, 6) is 0.700. The quantitative estimate of drug-likeness (QED) is 0.720. The fraction of sp³-hybridized carbons (Fsp3) is 0.818. The molecular formula is C11H21NO. The summed E-state index contributed by atoms with van der Waals surface area (Å²) >= 11 is 0. The third kappa shape index (κ3) is 2.47. The zero-order valence-electron chi connectivity index (χ0n) is 8.95. The van der Waals surface area contributed by atoms with Crippen LogP contribution in [-0.4, -0.2) is 29.7 Å². The number of hydrogen-bond donors (Lipinski definition) is 1. The number of allylic oxidation sites excluding steroid dienone is 2. The van der Waals surface area contributed by atoms with Gasteiger partial charge in [0.25, 0.3) is 0 Å². The van der Waals surface area contributed by atoms with Gasteiger partial charge in [-0.3, -0.25) is 0 Å². The van der Waals surface area contributed by atoms with Gasteiger partial charge in [-0.25, -0.2) is 0 Å². The van der Waals surface area contributed by atoms with Gasteiger partial charge in [0.2, 0.25) is 0 Å². The van der Waals surface area contributed by atoms with Crippen molar-refractivity contribution in [1.29, 1.82) is 0 Å². The van der Waals surface area contributed by atoms with E-state index >= 15 is 0 Å². The molecule has 2 heteroatoms. The summed E-state index contributed by atoms with van der Waals surface area (Å²) in [4.78, 5) is 2.31. The fourth-order valence-corrected chi connectivity index (χ4v) is 1.96. The van der Waals surface area contributed by atoms with Crippen LogP contribution in [0.1, 0.15) is 33.1 Å². The molecule has 0 spiro atoms. The molecule has 0 aromatic heterocycles. The number of nitrogens with zero attached hydrogens (tertiary/aromatic N) is 1. The summed E-state index contributed by atoms with van der Waals surface area (Å²) in [6, 6.07) is 0.455. The minimum atomic E-state index is 0.285. The maximum absolute atomic E-state index is 8.85. The van der Waals surface area contributed by atoms with E-state index in [9.17, 15) is 0 Å². The average Bonchev–Trinajstić information content (AvgIpc) is 2.50. The SMILES string of the molecule is C[C@@H]1CCC=C1N(C)[C@@H](C)CCO. The molecule has 1 N–H and O–H groups in total. The Balaban J connectivity index is 2.50. The first-order valence-corrected chi connectivity index (χ1v) is 5.20. The van der Waals surface area contributed by atoms with Crippen LogP contribution >= 0.6 is 0 Å². The Morgan fingerprint density at radius 3 is 2.85 bits per heavy atom. The second kappa shape index (κ2) is 4.66.